The highest BCUT2D eigenvalue weighted by Gasteiger charge is 2.23. The third-order valence-corrected chi connectivity index (χ3v) is 4.01. The van der Waals surface area contributed by atoms with Crippen LogP contribution in [-0.4, -0.2) is 35.6 Å². The van der Waals surface area contributed by atoms with E-state index in [1.165, 1.54) is 10.5 Å². The first-order valence-electron chi connectivity index (χ1n) is 8.10. The van der Waals surface area contributed by atoms with E-state index in [4.69, 9.17) is 10.5 Å². The number of nitrogens with one attached hydrogen (secondary N) is 1. The normalized spacial score (nSPS) is 11.0. The van der Waals surface area contributed by atoms with Gasteiger partial charge in [-0.05, 0) is 18.2 Å². The highest BCUT2D eigenvalue weighted by Crippen LogP contribution is 2.14. The van der Waals surface area contributed by atoms with E-state index in [2.05, 4.69) is 16.9 Å². The van der Waals surface area contributed by atoms with Gasteiger partial charge in [0.1, 0.15) is 10.9 Å². The van der Waals surface area contributed by atoms with E-state index in [0.29, 0.717) is 36.4 Å². The third-order valence-electron chi connectivity index (χ3n) is 4.01. The second-order valence-corrected chi connectivity index (χ2v) is 5.67. The number of allylic oxidation sites excluding steroid dienone is 1. The molecule has 8 nitrogen and oxygen atoms in total. The molecular weight excluding hydrogens is 334 g/mol. The Kier molecular flexibility index (Phi) is 4.94. The number of nitrogen functional groups attached to an aromatic ring is 1. The summed E-state index contributed by atoms with van der Waals surface area (Å²) in [6, 6.07) is 6.77. The number of aromatic nitrogens is 3. The lowest BCUT2D eigenvalue weighted by Crippen LogP contribution is -2.42. The van der Waals surface area contributed by atoms with Crippen LogP contribution in [0.25, 0.3) is 16.7 Å². The first kappa shape index (κ1) is 17.6. The fourth-order valence-corrected chi connectivity index (χ4v) is 2.76. The molecule has 3 N–H and O–H groups in total. The van der Waals surface area contributed by atoms with Crippen molar-refractivity contribution in [2.24, 2.45) is 0 Å². The maximum absolute atomic E-state index is 12.9. The standard InChI is InChI=1S/C18H19N5O3/c1-3-8-23-15(19)12(17(24)20-7-10-26-2)11-13-16(23)21-14-6-4-5-9-22(14)18(13)25/h3-6,9,11,19H,1,7-8,10H2,2H3,(H,20,24)/p+1. The molecule has 0 saturated heterocycles. The predicted molar refractivity (Wildman–Crippen MR) is 98.0 cm³/mol. The van der Waals surface area contributed by atoms with Crippen molar-refractivity contribution in [2.45, 2.75) is 6.54 Å². The Morgan fingerprint density at radius 3 is 3.04 bits per heavy atom. The molecule has 134 valence electrons. The van der Waals surface area contributed by atoms with Crippen LogP contribution in [0.2, 0.25) is 0 Å². The zero-order chi connectivity index (χ0) is 18.7. The molecule has 3 aromatic rings. The van der Waals surface area contributed by atoms with E-state index in [1.807, 2.05) is 0 Å². The average molecular weight is 354 g/mol. The third kappa shape index (κ3) is 3.02. The predicted octanol–water partition coefficient (Wildman–Crippen LogP) is 0.280. The number of rotatable bonds is 6. The van der Waals surface area contributed by atoms with Gasteiger partial charge in [-0.2, -0.15) is 0 Å². The first-order chi connectivity index (χ1) is 12.6. The van der Waals surface area contributed by atoms with E-state index < -0.39 is 0 Å². The summed E-state index contributed by atoms with van der Waals surface area (Å²) in [5.41, 5.74) is 7.06. The summed E-state index contributed by atoms with van der Waals surface area (Å²) in [6.45, 7) is 4.75. The molecular formula is C18H20N5O3+. The summed E-state index contributed by atoms with van der Waals surface area (Å²) in [5, 5.41) is 3.03. The summed E-state index contributed by atoms with van der Waals surface area (Å²) in [4.78, 5) is 29.9. The molecule has 0 saturated carbocycles. The second kappa shape index (κ2) is 7.32. The van der Waals surface area contributed by atoms with Crippen molar-refractivity contribution < 1.29 is 14.1 Å². The second-order valence-electron chi connectivity index (χ2n) is 5.67. The van der Waals surface area contributed by atoms with Crippen molar-refractivity contribution in [2.75, 3.05) is 26.0 Å². The molecule has 0 bridgehead atoms. The Morgan fingerprint density at radius 1 is 1.50 bits per heavy atom. The van der Waals surface area contributed by atoms with Crippen LogP contribution in [0, 0.1) is 0 Å². The number of pyridine rings is 2. The molecule has 8 heteroatoms. The van der Waals surface area contributed by atoms with Crippen molar-refractivity contribution in [1.82, 2.24) is 14.7 Å². The molecule has 0 aromatic carbocycles. The zero-order valence-corrected chi connectivity index (χ0v) is 14.4. The first-order valence-corrected chi connectivity index (χ1v) is 8.10. The Labute approximate surface area is 149 Å². The van der Waals surface area contributed by atoms with Crippen LogP contribution >= 0.6 is 0 Å². The van der Waals surface area contributed by atoms with E-state index in [0.717, 1.165) is 0 Å². The fourth-order valence-electron chi connectivity index (χ4n) is 2.76. The van der Waals surface area contributed by atoms with Gasteiger partial charge in [0, 0.05) is 19.9 Å². The number of methoxy groups -OCH3 is 1. The summed E-state index contributed by atoms with van der Waals surface area (Å²) in [5.74, 6) is -0.156. The topological polar surface area (TPSA) is 103 Å². The number of anilines is 1. The minimum Gasteiger partial charge on any atom is -0.383 e. The van der Waals surface area contributed by atoms with Gasteiger partial charge >= 0.3 is 0 Å². The summed E-state index contributed by atoms with van der Waals surface area (Å²) >= 11 is 0. The number of hydrogen-bond donors (Lipinski definition) is 2. The van der Waals surface area contributed by atoms with E-state index in [9.17, 15) is 9.59 Å². The van der Waals surface area contributed by atoms with Crippen LogP contribution in [-0.2, 0) is 11.3 Å². The molecule has 0 aliphatic rings. The molecule has 0 aliphatic carbocycles. The van der Waals surface area contributed by atoms with Crippen molar-refractivity contribution in [1.29, 1.82) is 0 Å². The number of ether oxygens (including phenoxy) is 1. The highest BCUT2D eigenvalue weighted by atomic mass is 16.5. The molecule has 0 atom stereocenters. The van der Waals surface area contributed by atoms with Crippen molar-refractivity contribution in [3.05, 3.63) is 59.0 Å². The number of amides is 1. The van der Waals surface area contributed by atoms with Gasteiger partial charge in [-0.15, -0.1) is 0 Å². The van der Waals surface area contributed by atoms with Crippen LogP contribution in [0.15, 0.2) is 47.9 Å². The quantitative estimate of drug-likeness (QED) is 0.286. The van der Waals surface area contributed by atoms with E-state index in [-0.39, 0.29) is 22.8 Å². The molecule has 0 unspecified atom stereocenters. The van der Waals surface area contributed by atoms with Crippen LogP contribution < -0.4 is 21.2 Å². The van der Waals surface area contributed by atoms with Gasteiger partial charge in [-0.1, -0.05) is 23.7 Å². The minimum atomic E-state index is -0.378. The lowest BCUT2D eigenvalue weighted by molar-refractivity contribution is -0.648. The highest BCUT2D eigenvalue weighted by molar-refractivity contribution is 6.00. The van der Waals surface area contributed by atoms with Gasteiger partial charge in [-0.25, -0.2) is 4.57 Å². The van der Waals surface area contributed by atoms with Gasteiger partial charge in [-0.3, -0.25) is 14.0 Å². The number of hydrogen-bond acceptors (Lipinski definition) is 5. The molecule has 3 heterocycles. The number of carbonyl (C=O) groups excluding carboxylic acids is 1. The SMILES string of the molecule is C=CC[n+]1c(N)c(C(=O)NCCOC)cc2c(=O)n3ccccc3nc21. The van der Waals surface area contributed by atoms with Crippen LogP contribution in [0.3, 0.4) is 0 Å². The molecule has 0 spiro atoms. The summed E-state index contributed by atoms with van der Waals surface area (Å²) < 4.78 is 7.98. The van der Waals surface area contributed by atoms with Gasteiger partial charge in [0.05, 0.1) is 13.2 Å². The summed E-state index contributed by atoms with van der Waals surface area (Å²) in [7, 11) is 1.55. The zero-order valence-electron chi connectivity index (χ0n) is 14.4. The Morgan fingerprint density at radius 2 is 2.31 bits per heavy atom. The Hall–Kier alpha value is -3.26. The number of fused-ring (bicyclic) bond motifs is 2. The minimum absolute atomic E-state index is 0.213. The van der Waals surface area contributed by atoms with Crippen molar-refractivity contribution >= 4 is 28.4 Å². The van der Waals surface area contributed by atoms with Crippen molar-refractivity contribution in [3.8, 4) is 0 Å². The molecule has 0 aliphatic heterocycles. The molecule has 3 aromatic heterocycles. The maximum Gasteiger partial charge on any atom is 0.278 e. The molecule has 1 amide bonds. The number of carbonyl (C=O) groups is 1. The van der Waals surface area contributed by atoms with Gasteiger partial charge in [0.2, 0.25) is 11.5 Å². The monoisotopic (exact) mass is 354 g/mol. The number of nitrogens with two attached hydrogens (primary N) is 1. The summed E-state index contributed by atoms with van der Waals surface area (Å²) in [6.07, 6.45) is 3.27. The lowest BCUT2D eigenvalue weighted by Gasteiger charge is -2.11. The number of nitrogens with zero attached hydrogens (tertiary/aromatic N) is 3. The van der Waals surface area contributed by atoms with Crippen LogP contribution in [0.1, 0.15) is 10.4 Å². The van der Waals surface area contributed by atoms with Crippen LogP contribution in [0.4, 0.5) is 5.82 Å². The van der Waals surface area contributed by atoms with Gasteiger partial charge < -0.3 is 15.8 Å². The van der Waals surface area contributed by atoms with E-state index in [1.54, 1.807) is 42.1 Å². The molecule has 3 rings (SSSR count). The Bertz CT molecular complexity index is 1060. The Balaban J connectivity index is 2.27. The van der Waals surface area contributed by atoms with Crippen LogP contribution in [0.5, 0.6) is 0 Å². The largest absolute Gasteiger partial charge is 0.383 e. The van der Waals surface area contributed by atoms with Crippen molar-refractivity contribution in [3.63, 3.8) is 0 Å². The van der Waals surface area contributed by atoms with E-state index >= 15 is 0 Å². The molecule has 0 fully saturated rings. The smallest absolute Gasteiger partial charge is 0.278 e. The molecule has 0 radical (unpaired) electrons. The van der Waals surface area contributed by atoms with Gasteiger partial charge in [0.15, 0.2) is 0 Å². The lowest BCUT2D eigenvalue weighted by atomic mass is 10.1. The fraction of sp³-hybridized carbons (Fsp3) is 0.222. The van der Waals surface area contributed by atoms with Gasteiger partial charge in [0.25, 0.3) is 17.1 Å². The average Bonchev–Trinajstić information content (AvgIpc) is 2.64. The molecule has 26 heavy (non-hydrogen) atoms. The maximum atomic E-state index is 12.9.